The van der Waals surface area contributed by atoms with Gasteiger partial charge in [0.1, 0.15) is 0 Å². The predicted molar refractivity (Wildman–Crippen MR) is 67.2 cm³/mol. The molecule has 0 amide bonds. The fourth-order valence-electron chi connectivity index (χ4n) is 2.46. The molecule has 0 aromatic heterocycles. The highest BCUT2D eigenvalue weighted by molar-refractivity contribution is 4.94. The van der Waals surface area contributed by atoms with Crippen LogP contribution in [0, 0.1) is 5.92 Å². The van der Waals surface area contributed by atoms with Crippen molar-refractivity contribution in [3.8, 4) is 0 Å². The first-order chi connectivity index (χ1) is 6.87. The number of piperazine rings is 1. The van der Waals surface area contributed by atoms with E-state index in [1.165, 1.54) is 13.0 Å². The standard InChI is InChI=1S/C13H28N2/c1-7-11(4)15-9-13(5,6)14-8-12(15)10(2)3/h10-12,14H,7-9H2,1-6H3. The summed E-state index contributed by atoms with van der Waals surface area (Å²) in [5.74, 6) is 0.739. The van der Waals surface area contributed by atoms with Crippen LogP contribution in [0.3, 0.4) is 0 Å². The van der Waals surface area contributed by atoms with Crippen molar-refractivity contribution in [3.63, 3.8) is 0 Å². The average molecular weight is 212 g/mol. The molecule has 0 bridgehead atoms. The molecule has 0 aromatic carbocycles. The van der Waals surface area contributed by atoms with Gasteiger partial charge in [-0.3, -0.25) is 4.90 Å². The van der Waals surface area contributed by atoms with Gasteiger partial charge in [0.25, 0.3) is 0 Å². The van der Waals surface area contributed by atoms with Gasteiger partial charge in [-0.25, -0.2) is 0 Å². The number of hydrogen-bond donors (Lipinski definition) is 1. The first-order valence-electron chi connectivity index (χ1n) is 6.38. The summed E-state index contributed by atoms with van der Waals surface area (Å²) in [6, 6.07) is 1.41. The molecule has 2 unspecified atom stereocenters. The summed E-state index contributed by atoms with van der Waals surface area (Å²) < 4.78 is 0. The van der Waals surface area contributed by atoms with Crippen molar-refractivity contribution in [1.82, 2.24) is 10.2 Å². The number of nitrogens with one attached hydrogen (secondary N) is 1. The van der Waals surface area contributed by atoms with Crippen LogP contribution in [-0.4, -0.2) is 35.6 Å². The molecule has 0 spiro atoms. The van der Waals surface area contributed by atoms with Gasteiger partial charge in [0.05, 0.1) is 0 Å². The third kappa shape index (κ3) is 3.18. The van der Waals surface area contributed by atoms with E-state index in [0.29, 0.717) is 12.1 Å². The fourth-order valence-corrected chi connectivity index (χ4v) is 2.46. The Hall–Kier alpha value is -0.0800. The van der Waals surface area contributed by atoms with Crippen molar-refractivity contribution in [1.29, 1.82) is 0 Å². The Morgan fingerprint density at radius 1 is 1.33 bits per heavy atom. The Labute approximate surface area is 95.4 Å². The van der Waals surface area contributed by atoms with Crippen molar-refractivity contribution in [2.45, 2.75) is 65.6 Å². The molecule has 0 aliphatic carbocycles. The second kappa shape index (κ2) is 4.84. The maximum absolute atomic E-state index is 3.66. The van der Waals surface area contributed by atoms with Gasteiger partial charge in [-0.2, -0.15) is 0 Å². The molecule has 0 aromatic rings. The molecule has 0 saturated carbocycles. The van der Waals surface area contributed by atoms with Crippen LogP contribution >= 0.6 is 0 Å². The predicted octanol–water partition coefficient (Wildman–Crippen LogP) is 2.49. The summed E-state index contributed by atoms with van der Waals surface area (Å²) in [7, 11) is 0. The molecular weight excluding hydrogens is 184 g/mol. The van der Waals surface area contributed by atoms with Crippen LogP contribution < -0.4 is 5.32 Å². The highest BCUT2D eigenvalue weighted by Gasteiger charge is 2.35. The molecule has 1 N–H and O–H groups in total. The van der Waals surface area contributed by atoms with Crippen LogP contribution in [0.2, 0.25) is 0 Å². The van der Waals surface area contributed by atoms with Crippen molar-refractivity contribution >= 4 is 0 Å². The second-order valence-electron chi connectivity index (χ2n) is 6.01. The molecule has 1 heterocycles. The lowest BCUT2D eigenvalue weighted by molar-refractivity contribution is 0.0364. The minimum Gasteiger partial charge on any atom is -0.309 e. The Morgan fingerprint density at radius 3 is 2.40 bits per heavy atom. The molecule has 2 atom stereocenters. The van der Waals surface area contributed by atoms with Crippen LogP contribution in [0.4, 0.5) is 0 Å². The molecule has 2 heteroatoms. The van der Waals surface area contributed by atoms with E-state index in [2.05, 4.69) is 51.8 Å². The average Bonchev–Trinajstić information content (AvgIpc) is 2.14. The molecule has 2 nitrogen and oxygen atoms in total. The van der Waals surface area contributed by atoms with Gasteiger partial charge in [-0.15, -0.1) is 0 Å². The van der Waals surface area contributed by atoms with E-state index in [4.69, 9.17) is 0 Å². The Kier molecular flexibility index (Phi) is 4.19. The van der Waals surface area contributed by atoms with Gasteiger partial charge in [-0.1, -0.05) is 20.8 Å². The lowest BCUT2D eigenvalue weighted by Crippen LogP contribution is -2.64. The lowest BCUT2D eigenvalue weighted by Gasteiger charge is -2.48. The summed E-state index contributed by atoms with van der Waals surface area (Å²) in [5, 5.41) is 3.66. The van der Waals surface area contributed by atoms with Gasteiger partial charge in [0.15, 0.2) is 0 Å². The van der Waals surface area contributed by atoms with Gasteiger partial charge in [-0.05, 0) is 33.1 Å². The van der Waals surface area contributed by atoms with E-state index in [0.717, 1.165) is 12.5 Å². The minimum atomic E-state index is 0.273. The van der Waals surface area contributed by atoms with E-state index in [-0.39, 0.29) is 5.54 Å². The molecule has 1 fully saturated rings. The van der Waals surface area contributed by atoms with Crippen LogP contribution in [0.1, 0.15) is 48.0 Å². The summed E-state index contributed by atoms with van der Waals surface area (Å²) in [6.45, 7) is 16.2. The van der Waals surface area contributed by atoms with Crippen LogP contribution in [0.5, 0.6) is 0 Å². The first kappa shape index (κ1) is 13.0. The third-order valence-electron chi connectivity index (χ3n) is 3.72. The quantitative estimate of drug-likeness (QED) is 0.773. The zero-order valence-electron chi connectivity index (χ0n) is 11.3. The van der Waals surface area contributed by atoms with Gasteiger partial charge in [0, 0.05) is 30.7 Å². The van der Waals surface area contributed by atoms with Gasteiger partial charge < -0.3 is 5.32 Å². The second-order valence-corrected chi connectivity index (χ2v) is 6.01. The van der Waals surface area contributed by atoms with Crippen LogP contribution in [0.25, 0.3) is 0 Å². The maximum Gasteiger partial charge on any atom is 0.0253 e. The molecular formula is C13H28N2. The lowest BCUT2D eigenvalue weighted by atomic mass is 9.91. The molecule has 0 radical (unpaired) electrons. The van der Waals surface area contributed by atoms with E-state index >= 15 is 0 Å². The molecule has 1 aliphatic rings. The van der Waals surface area contributed by atoms with Crippen molar-refractivity contribution in [3.05, 3.63) is 0 Å². The molecule has 1 saturated heterocycles. The van der Waals surface area contributed by atoms with Gasteiger partial charge in [0.2, 0.25) is 0 Å². The van der Waals surface area contributed by atoms with Crippen LogP contribution in [-0.2, 0) is 0 Å². The fraction of sp³-hybridized carbons (Fsp3) is 1.00. The minimum absolute atomic E-state index is 0.273. The zero-order chi connectivity index (χ0) is 11.6. The number of nitrogens with zero attached hydrogens (tertiary/aromatic N) is 1. The van der Waals surface area contributed by atoms with E-state index in [1.54, 1.807) is 0 Å². The highest BCUT2D eigenvalue weighted by Crippen LogP contribution is 2.23. The Morgan fingerprint density at radius 2 is 1.93 bits per heavy atom. The van der Waals surface area contributed by atoms with Crippen molar-refractivity contribution in [2.24, 2.45) is 5.92 Å². The maximum atomic E-state index is 3.66. The SMILES string of the molecule is CCC(C)N1CC(C)(C)NCC1C(C)C. The highest BCUT2D eigenvalue weighted by atomic mass is 15.3. The van der Waals surface area contributed by atoms with Gasteiger partial charge >= 0.3 is 0 Å². The van der Waals surface area contributed by atoms with Crippen molar-refractivity contribution in [2.75, 3.05) is 13.1 Å². The monoisotopic (exact) mass is 212 g/mol. The largest absolute Gasteiger partial charge is 0.309 e. The summed E-state index contributed by atoms with van der Waals surface area (Å²) in [6.07, 6.45) is 1.25. The Balaban J connectivity index is 2.73. The Bertz CT molecular complexity index is 199. The first-order valence-corrected chi connectivity index (χ1v) is 6.38. The molecule has 15 heavy (non-hydrogen) atoms. The van der Waals surface area contributed by atoms with Crippen molar-refractivity contribution < 1.29 is 0 Å². The third-order valence-corrected chi connectivity index (χ3v) is 3.72. The number of hydrogen-bond acceptors (Lipinski definition) is 2. The summed E-state index contributed by atoms with van der Waals surface area (Å²) in [4.78, 5) is 2.70. The molecule has 90 valence electrons. The van der Waals surface area contributed by atoms with Crippen LogP contribution in [0.15, 0.2) is 0 Å². The normalized spacial score (nSPS) is 29.4. The van der Waals surface area contributed by atoms with E-state index in [1.807, 2.05) is 0 Å². The number of rotatable bonds is 3. The summed E-state index contributed by atoms with van der Waals surface area (Å²) >= 11 is 0. The van der Waals surface area contributed by atoms with E-state index < -0.39 is 0 Å². The molecule has 1 rings (SSSR count). The molecule has 1 aliphatic heterocycles. The smallest absolute Gasteiger partial charge is 0.0253 e. The summed E-state index contributed by atoms with van der Waals surface area (Å²) in [5.41, 5.74) is 0.273. The van der Waals surface area contributed by atoms with E-state index in [9.17, 15) is 0 Å². The topological polar surface area (TPSA) is 15.3 Å². The zero-order valence-corrected chi connectivity index (χ0v) is 11.3.